The van der Waals surface area contributed by atoms with Crippen LogP contribution in [0, 0.1) is 16.7 Å². The van der Waals surface area contributed by atoms with E-state index in [0.717, 1.165) is 23.5 Å². The molecule has 0 aliphatic heterocycles. The molecule has 0 aliphatic carbocycles. The van der Waals surface area contributed by atoms with Crippen molar-refractivity contribution in [2.45, 2.75) is 46.6 Å². The minimum atomic E-state index is -0.374. The molecule has 0 saturated carbocycles. The van der Waals surface area contributed by atoms with Crippen molar-refractivity contribution in [2.75, 3.05) is 13.2 Å². The molecule has 1 aromatic carbocycles. The lowest BCUT2D eigenvalue weighted by molar-refractivity contribution is 0.245. The summed E-state index contributed by atoms with van der Waals surface area (Å²) >= 11 is 0. The summed E-state index contributed by atoms with van der Waals surface area (Å²) in [6.45, 7) is 8.82. The van der Waals surface area contributed by atoms with Gasteiger partial charge in [-0.15, -0.1) is 0 Å². The van der Waals surface area contributed by atoms with Gasteiger partial charge in [0.25, 0.3) is 0 Å². The third-order valence-electron chi connectivity index (χ3n) is 3.15. The highest BCUT2D eigenvalue weighted by molar-refractivity contribution is 5.43. The highest BCUT2D eigenvalue weighted by Crippen LogP contribution is 2.30. The monoisotopic (exact) mass is 290 g/mol. The number of rotatable bonds is 8. The van der Waals surface area contributed by atoms with E-state index in [9.17, 15) is 0 Å². The quantitative estimate of drug-likeness (QED) is 0.797. The Morgan fingerprint density at radius 1 is 1.29 bits per heavy atom. The molecule has 0 aliphatic rings. The Kier molecular flexibility index (Phi) is 6.51. The minimum Gasteiger partial charge on any atom is -0.490 e. The van der Waals surface area contributed by atoms with Gasteiger partial charge >= 0.3 is 0 Å². The minimum absolute atomic E-state index is 0.114. The summed E-state index contributed by atoms with van der Waals surface area (Å²) in [5.74, 6) is 1.46. The Hall–Kier alpha value is -1.73. The molecule has 0 spiro atoms. The molecule has 0 bridgehead atoms. The first-order chi connectivity index (χ1) is 9.88. The highest BCUT2D eigenvalue weighted by atomic mass is 16.5. The lowest BCUT2D eigenvalue weighted by atomic mass is 9.92. The first-order valence-corrected chi connectivity index (χ1v) is 7.43. The lowest BCUT2D eigenvalue weighted by Crippen LogP contribution is -2.18. The van der Waals surface area contributed by atoms with Gasteiger partial charge in [-0.1, -0.05) is 6.07 Å². The van der Waals surface area contributed by atoms with Crippen LogP contribution in [-0.2, 0) is 6.42 Å². The predicted octanol–water partition coefficient (Wildman–Crippen LogP) is 3.29. The van der Waals surface area contributed by atoms with Gasteiger partial charge in [0.15, 0.2) is 11.5 Å². The molecule has 0 amide bonds. The maximum Gasteiger partial charge on any atom is 0.161 e. The van der Waals surface area contributed by atoms with Gasteiger partial charge < -0.3 is 15.2 Å². The van der Waals surface area contributed by atoms with E-state index in [4.69, 9.17) is 20.5 Å². The molecule has 2 N–H and O–H groups in total. The molecule has 116 valence electrons. The van der Waals surface area contributed by atoms with Crippen LogP contribution in [-0.4, -0.2) is 19.3 Å². The summed E-state index contributed by atoms with van der Waals surface area (Å²) in [5, 5.41) is 9.01. The van der Waals surface area contributed by atoms with Crippen molar-refractivity contribution in [2.24, 2.45) is 11.1 Å². The normalized spacial score (nSPS) is 12.6. The third-order valence-corrected chi connectivity index (χ3v) is 3.15. The van der Waals surface area contributed by atoms with Crippen molar-refractivity contribution < 1.29 is 9.47 Å². The lowest BCUT2D eigenvalue weighted by Gasteiger charge is -2.17. The van der Waals surface area contributed by atoms with Gasteiger partial charge in [-0.3, -0.25) is 0 Å². The van der Waals surface area contributed by atoms with E-state index >= 15 is 0 Å². The first kappa shape index (κ1) is 17.3. The summed E-state index contributed by atoms with van der Waals surface area (Å²) in [5.41, 5.74) is 6.59. The molecule has 21 heavy (non-hydrogen) atoms. The number of nitriles is 1. The van der Waals surface area contributed by atoms with Crippen LogP contribution in [0.5, 0.6) is 11.5 Å². The standard InChI is InChI=1S/C17H26N2O2/c1-5-20-16-11-14(10-13(2)19)6-7-15(16)21-9-8-17(3,4)12-18/h6-7,11,13H,5,8-10,19H2,1-4H3. The number of ether oxygens (including phenoxy) is 2. The van der Waals surface area contributed by atoms with Crippen LogP contribution in [0.15, 0.2) is 18.2 Å². The van der Waals surface area contributed by atoms with Crippen LogP contribution in [0.4, 0.5) is 0 Å². The van der Waals surface area contributed by atoms with Crippen molar-refractivity contribution in [3.05, 3.63) is 23.8 Å². The van der Waals surface area contributed by atoms with Crippen molar-refractivity contribution in [1.82, 2.24) is 0 Å². The molecule has 0 saturated heterocycles. The van der Waals surface area contributed by atoms with Gasteiger partial charge in [-0.05, 0) is 58.2 Å². The second-order valence-electron chi connectivity index (χ2n) is 5.99. The zero-order valence-corrected chi connectivity index (χ0v) is 13.5. The molecule has 4 heteroatoms. The van der Waals surface area contributed by atoms with Crippen molar-refractivity contribution >= 4 is 0 Å². The zero-order valence-electron chi connectivity index (χ0n) is 13.5. The third kappa shape index (κ3) is 6.05. The van der Waals surface area contributed by atoms with Crippen LogP contribution in [0.25, 0.3) is 0 Å². The van der Waals surface area contributed by atoms with Gasteiger partial charge in [0.05, 0.1) is 24.7 Å². The maximum atomic E-state index is 9.01. The number of benzene rings is 1. The molecule has 1 unspecified atom stereocenters. The van der Waals surface area contributed by atoms with Gasteiger partial charge in [0, 0.05) is 6.04 Å². The molecule has 0 radical (unpaired) electrons. The first-order valence-electron chi connectivity index (χ1n) is 7.43. The second-order valence-corrected chi connectivity index (χ2v) is 5.99. The van der Waals surface area contributed by atoms with E-state index in [1.54, 1.807) is 0 Å². The smallest absolute Gasteiger partial charge is 0.161 e. The Labute approximate surface area is 127 Å². The summed E-state index contributed by atoms with van der Waals surface area (Å²) in [4.78, 5) is 0. The van der Waals surface area contributed by atoms with E-state index in [2.05, 4.69) is 6.07 Å². The fourth-order valence-corrected chi connectivity index (χ4v) is 1.91. The van der Waals surface area contributed by atoms with Crippen molar-refractivity contribution in [3.8, 4) is 17.6 Å². The SMILES string of the molecule is CCOc1cc(CC(C)N)ccc1OCCC(C)(C)C#N. The zero-order chi connectivity index (χ0) is 15.9. The molecular formula is C17H26N2O2. The van der Waals surface area contributed by atoms with Crippen LogP contribution in [0.1, 0.15) is 39.7 Å². The Bertz CT molecular complexity index is 490. The van der Waals surface area contributed by atoms with Crippen LogP contribution in [0.3, 0.4) is 0 Å². The average Bonchev–Trinajstić information content (AvgIpc) is 2.41. The highest BCUT2D eigenvalue weighted by Gasteiger charge is 2.17. The summed E-state index contributed by atoms with van der Waals surface area (Å²) in [7, 11) is 0. The van der Waals surface area contributed by atoms with E-state index in [0.29, 0.717) is 19.6 Å². The number of nitrogens with zero attached hydrogens (tertiary/aromatic N) is 1. The van der Waals surface area contributed by atoms with E-state index in [-0.39, 0.29) is 11.5 Å². The molecule has 4 nitrogen and oxygen atoms in total. The van der Waals surface area contributed by atoms with E-state index in [1.165, 1.54) is 0 Å². The number of nitrogens with two attached hydrogens (primary N) is 1. The number of hydrogen-bond acceptors (Lipinski definition) is 4. The van der Waals surface area contributed by atoms with E-state index in [1.807, 2.05) is 45.9 Å². The second kappa shape index (κ2) is 7.90. The fraction of sp³-hybridized carbons (Fsp3) is 0.588. The number of hydrogen-bond donors (Lipinski definition) is 1. The fourth-order valence-electron chi connectivity index (χ4n) is 1.91. The van der Waals surface area contributed by atoms with Gasteiger partial charge in [-0.25, -0.2) is 0 Å². The average molecular weight is 290 g/mol. The molecule has 1 rings (SSSR count). The molecule has 0 aromatic heterocycles. The van der Waals surface area contributed by atoms with E-state index < -0.39 is 0 Å². The van der Waals surface area contributed by atoms with Gasteiger partial charge in [0.2, 0.25) is 0 Å². The predicted molar refractivity (Wildman–Crippen MR) is 84.5 cm³/mol. The summed E-state index contributed by atoms with van der Waals surface area (Å²) in [6.07, 6.45) is 1.48. The largest absolute Gasteiger partial charge is 0.490 e. The van der Waals surface area contributed by atoms with Gasteiger partial charge in [-0.2, -0.15) is 5.26 Å². The van der Waals surface area contributed by atoms with Crippen molar-refractivity contribution in [3.63, 3.8) is 0 Å². The summed E-state index contributed by atoms with van der Waals surface area (Å²) < 4.78 is 11.4. The van der Waals surface area contributed by atoms with Crippen LogP contribution < -0.4 is 15.2 Å². The Balaban J connectivity index is 2.74. The topological polar surface area (TPSA) is 68.3 Å². The van der Waals surface area contributed by atoms with Crippen molar-refractivity contribution in [1.29, 1.82) is 5.26 Å². The molecular weight excluding hydrogens is 264 g/mol. The molecule has 1 atom stereocenters. The molecule has 0 heterocycles. The Morgan fingerprint density at radius 3 is 2.57 bits per heavy atom. The maximum absolute atomic E-state index is 9.01. The summed E-state index contributed by atoms with van der Waals surface area (Å²) in [6, 6.07) is 8.30. The molecule has 1 aromatic rings. The van der Waals surface area contributed by atoms with Crippen LogP contribution in [0.2, 0.25) is 0 Å². The Morgan fingerprint density at radius 2 is 2.00 bits per heavy atom. The molecule has 0 fully saturated rings. The van der Waals surface area contributed by atoms with Crippen LogP contribution >= 0.6 is 0 Å². The van der Waals surface area contributed by atoms with Gasteiger partial charge in [0.1, 0.15) is 0 Å².